The van der Waals surface area contributed by atoms with Crippen LogP contribution in [0.3, 0.4) is 0 Å². The van der Waals surface area contributed by atoms with Crippen LogP contribution in [0, 0.1) is 11.8 Å². The first-order chi connectivity index (χ1) is 13.0. The average Bonchev–Trinajstić information content (AvgIpc) is 3.34. The molecule has 0 bridgehead atoms. The molecule has 0 spiro atoms. The number of fused-ring (bicyclic) bond motifs is 1. The van der Waals surface area contributed by atoms with Crippen molar-refractivity contribution in [2.24, 2.45) is 0 Å². The minimum Gasteiger partial charge on any atom is -0.497 e. The van der Waals surface area contributed by atoms with E-state index in [9.17, 15) is 14.4 Å². The van der Waals surface area contributed by atoms with E-state index < -0.39 is 17.5 Å². The summed E-state index contributed by atoms with van der Waals surface area (Å²) in [5.41, 5.74) is -0.180. The van der Waals surface area contributed by atoms with Crippen LogP contribution in [-0.2, 0) is 11.3 Å². The number of nitrogens with one attached hydrogen (secondary N) is 2. The molecule has 1 aromatic heterocycles. The molecule has 2 aliphatic heterocycles. The summed E-state index contributed by atoms with van der Waals surface area (Å²) in [5, 5.41) is 7.04. The minimum atomic E-state index is -1.52. The number of hydrogen-bond donors (Lipinski definition) is 2. The highest BCUT2D eigenvalue weighted by Crippen LogP contribution is 2.28. The number of carbonyl (C=O) groups is 3. The van der Waals surface area contributed by atoms with Crippen molar-refractivity contribution in [3.8, 4) is 17.6 Å². The molecule has 136 valence electrons. The van der Waals surface area contributed by atoms with E-state index in [1.807, 2.05) is 6.07 Å². The number of benzene rings is 1. The van der Waals surface area contributed by atoms with Crippen LogP contribution in [0.4, 0.5) is 4.79 Å². The lowest BCUT2D eigenvalue weighted by Crippen LogP contribution is -2.54. The number of amides is 4. The fourth-order valence-electron chi connectivity index (χ4n) is 3.06. The van der Waals surface area contributed by atoms with Crippen LogP contribution in [0.25, 0.3) is 0 Å². The molecular formula is C18H14N4O4S. The van der Waals surface area contributed by atoms with Crippen molar-refractivity contribution in [2.75, 3.05) is 13.7 Å². The summed E-state index contributed by atoms with van der Waals surface area (Å²) in [6, 6.07) is 4.61. The monoisotopic (exact) mass is 382 g/mol. The summed E-state index contributed by atoms with van der Waals surface area (Å²) in [6.45, 7) is 0.251. The van der Waals surface area contributed by atoms with Crippen LogP contribution in [0.2, 0.25) is 0 Å². The Labute approximate surface area is 158 Å². The second-order valence-electron chi connectivity index (χ2n) is 6.09. The number of imide groups is 1. The zero-order chi connectivity index (χ0) is 19.0. The van der Waals surface area contributed by atoms with Crippen molar-refractivity contribution in [3.05, 3.63) is 45.9 Å². The van der Waals surface area contributed by atoms with E-state index >= 15 is 0 Å². The van der Waals surface area contributed by atoms with Crippen molar-refractivity contribution in [3.63, 3.8) is 0 Å². The van der Waals surface area contributed by atoms with Gasteiger partial charge < -0.3 is 15.0 Å². The Balaban J connectivity index is 1.64. The van der Waals surface area contributed by atoms with Crippen molar-refractivity contribution in [1.29, 1.82) is 0 Å². The van der Waals surface area contributed by atoms with Gasteiger partial charge in [0.2, 0.25) is 5.54 Å². The molecule has 2 aromatic rings. The third-order valence-corrected chi connectivity index (χ3v) is 5.07. The third-order valence-electron chi connectivity index (χ3n) is 4.38. The number of ether oxygens (including phenoxy) is 1. The summed E-state index contributed by atoms with van der Waals surface area (Å²) in [4.78, 5) is 42.5. The first-order valence-corrected chi connectivity index (χ1v) is 8.91. The maximum atomic E-state index is 12.8. The highest BCUT2D eigenvalue weighted by atomic mass is 32.1. The van der Waals surface area contributed by atoms with E-state index in [1.165, 1.54) is 23.3 Å². The highest BCUT2D eigenvalue weighted by molar-refractivity contribution is 7.10. The molecule has 1 fully saturated rings. The predicted octanol–water partition coefficient (Wildman–Crippen LogP) is 0.737. The van der Waals surface area contributed by atoms with Crippen molar-refractivity contribution in [1.82, 2.24) is 20.5 Å². The minimum absolute atomic E-state index is 0.0707. The topological polar surface area (TPSA) is 101 Å². The molecule has 0 aliphatic carbocycles. The molecule has 3 heterocycles. The normalized spacial score (nSPS) is 20.6. The van der Waals surface area contributed by atoms with Gasteiger partial charge in [-0.25, -0.2) is 9.78 Å². The van der Waals surface area contributed by atoms with Crippen molar-refractivity contribution in [2.45, 2.75) is 12.1 Å². The summed E-state index contributed by atoms with van der Waals surface area (Å²) < 4.78 is 5.17. The summed E-state index contributed by atoms with van der Waals surface area (Å²) in [5.74, 6) is 5.37. The van der Waals surface area contributed by atoms with Gasteiger partial charge in [-0.15, -0.1) is 11.3 Å². The molecule has 8 nitrogen and oxygen atoms in total. The van der Waals surface area contributed by atoms with E-state index in [1.54, 1.807) is 23.7 Å². The number of carbonyl (C=O) groups excluding carboxylic acids is 3. The largest absolute Gasteiger partial charge is 0.497 e. The van der Waals surface area contributed by atoms with Gasteiger partial charge in [-0.2, -0.15) is 0 Å². The lowest BCUT2D eigenvalue weighted by Gasteiger charge is -2.26. The van der Waals surface area contributed by atoms with Crippen LogP contribution in [0.1, 0.15) is 20.9 Å². The zero-order valence-electron chi connectivity index (χ0n) is 14.2. The number of hydrogen-bond acceptors (Lipinski definition) is 6. The van der Waals surface area contributed by atoms with Gasteiger partial charge in [-0.3, -0.25) is 14.9 Å². The number of aromatic nitrogens is 1. The van der Waals surface area contributed by atoms with Crippen LogP contribution >= 0.6 is 11.3 Å². The average molecular weight is 382 g/mol. The van der Waals surface area contributed by atoms with Gasteiger partial charge in [0.05, 0.1) is 13.7 Å². The molecule has 0 radical (unpaired) electrons. The molecule has 1 aromatic carbocycles. The summed E-state index contributed by atoms with van der Waals surface area (Å²) in [7, 11) is 1.53. The number of urea groups is 1. The van der Waals surface area contributed by atoms with Gasteiger partial charge in [0.15, 0.2) is 5.01 Å². The van der Waals surface area contributed by atoms with Gasteiger partial charge in [-0.05, 0) is 23.6 Å². The molecule has 4 amide bonds. The molecule has 1 saturated heterocycles. The number of methoxy groups -OCH3 is 1. The van der Waals surface area contributed by atoms with Crippen LogP contribution < -0.4 is 15.4 Å². The van der Waals surface area contributed by atoms with E-state index in [0.29, 0.717) is 22.9 Å². The smallest absolute Gasteiger partial charge is 0.323 e. The maximum Gasteiger partial charge on any atom is 0.323 e. The van der Waals surface area contributed by atoms with E-state index in [-0.39, 0.29) is 12.5 Å². The molecule has 0 saturated carbocycles. The summed E-state index contributed by atoms with van der Waals surface area (Å²) >= 11 is 1.32. The predicted molar refractivity (Wildman–Crippen MR) is 96.1 cm³/mol. The van der Waals surface area contributed by atoms with Crippen molar-refractivity contribution >= 4 is 29.2 Å². The number of thiazole rings is 1. The molecule has 9 heteroatoms. The van der Waals surface area contributed by atoms with E-state index in [4.69, 9.17) is 4.74 Å². The second-order valence-corrected chi connectivity index (χ2v) is 6.98. The van der Waals surface area contributed by atoms with E-state index in [2.05, 4.69) is 27.5 Å². The van der Waals surface area contributed by atoms with Crippen molar-refractivity contribution < 1.29 is 19.1 Å². The quantitative estimate of drug-likeness (QED) is 0.602. The molecule has 2 N–H and O–H groups in total. The van der Waals surface area contributed by atoms with E-state index in [0.717, 1.165) is 5.56 Å². The van der Waals surface area contributed by atoms with Gasteiger partial charge >= 0.3 is 6.03 Å². The van der Waals surface area contributed by atoms with Gasteiger partial charge in [0, 0.05) is 23.7 Å². The molecule has 0 unspecified atom stereocenters. The molecule has 1 atom stereocenters. The first kappa shape index (κ1) is 17.1. The van der Waals surface area contributed by atoms with Gasteiger partial charge in [0.25, 0.3) is 11.8 Å². The summed E-state index contributed by atoms with van der Waals surface area (Å²) in [6.07, 6.45) is 1.60. The lowest BCUT2D eigenvalue weighted by atomic mass is 10.00. The fourth-order valence-corrected chi connectivity index (χ4v) is 3.54. The molecular weight excluding hydrogens is 368 g/mol. The Hall–Kier alpha value is -3.38. The standard InChI is InChI=1S/C18H14N4O4S/c1-26-12-3-2-11-9-22(15(23)13(11)8-12)10-18(16(24)20-17(25)21-18)5-4-14-19-6-7-27-14/h2-3,6-8H,9-10H2,1H3,(H2,20,21,24,25)/t18-/m1/s1. The van der Waals surface area contributed by atoms with Gasteiger partial charge in [0.1, 0.15) is 5.75 Å². The maximum absolute atomic E-state index is 12.8. The Kier molecular flexibility index (Phi) is 4.05. The van der Waals surface area contributed by atoms with Crippen LogP contribution in [0.5, 0.6) is 5.75 Å². The molecule has 2 aliphatic rings. The highest BCUT2D eigenvalue weighted by Gasteiger charge is 2.48. The molecule has 27 heavy (non-hydrogen) atoms. The Morgan fingerprint density at radius 1 is 1.37 bits per heavy atom. The zero-order valence-corrected chi connectivity index (χ0v) is 15.1. The Morgan fingerprint density at radius 3 is 2.89 bits per heavy atom. The van der Waals surface area contributed by atoms with Crippen LogP contribution in [-0.4, -0.2) is 46.9 Å². The Bertz CT molecular complexity index is 1010. The second kappa shape index (κ2) is 6.41. The first-order valence-electron chi connectivity index (χ1n) is 8.03. The Morgan fingerprint density at radius 2 is 2.22 bits per heavy atom. The SMILES string of the molecule is COc1ccc2c(c1)C(=O)N(C[C@@]1(C#Cc3nccs3)NC(=O)NC1=O)C2. The molecule has 4 rings (SSSR count). The number of rotatable bonds is 3. The fraction of sp³-hybridized carbons (Fsp3) is 0.222. The van der Waals surface area contributed by atoms with Crippen LogP contribution in [0.15, 0.2) is 29.8 Å². The van der Waals surface area contributed by atoms with Gasteiger partial charge in [-0.1, -0.05) is 12.0 Å². The lowest BCUT2D eigenvalue weighted by molar-refractivity contribution is -0.122. The third kappa shape index (κ3) is 3.00. The number of nitrogens with zero attached hydrogens (tertiary/aromatic N) is 2.